The molecular formula is C18H25N5O2. The topological polar surface area (TPSA) is 102 Å². The molecule has 25 heavy (non-hydrogen) atoms. The van der Waals surface area contributed by atoms with Gasteiger partial charge in [0.2, 0.25) is 11.8 Å². The molecule has 2 aromatic rings. The number of hydrogen-bond acceptors (Lipinski definition) is 4. The summed E-state index contributed by atoms with van der Waals surface area (Å²) in [4.78, 5) is 23.8. The second kappa shape index (κ2) is 8.43. The molecule has 2 rings (SSSR count). The summed E-state index contributed by atoms with van der Waals surface area (Å²) in [6, 6.07) is 8.83. The van der Waals surface area contributed by atoms with Gasteiger partial charge in [-0.15, -0.1) is 0 Å². The molecule has 0 bridgehead atoms. The van der Waals surface area contributed by atoms with E-state index in [1.165, 1.54) is 0 Å². The van der Waals surface area contributed by atoms with E-state index in [4.69, 9.17) is 5.73 Å². The fourth-order valence-electron chi connectivity index (χ4n) is 2.30. The summed E-state index contributed by atoms with van der Waals surface area (Å²) in [7, 11) is 0. The number of carbonyl (C=O) groups is 2. The summed E-state index contributed by atoms with van der Waals surface area (Å²) in [6.45, 7) is 5.52. The predicted octanol–water partition coefficient (Wildman–Crippen LogP) is 1.15. The highest BCUT2D eigenvalue weighted by molar-refractivity contribution is 5.87. The van der Waals surface area contributed by atoms with E-state index in [0.29, 0.717) is 0 Å². The standard InChI is InChI=1S/C18H25N5O2/c1-12(2)17(19)18(25)20-11-16(24)22-13(3)14-5-7-15(8-6-14)23-10-4-9-21-23/h4-10,12-13,17H,11,19H2,1-3H3,(H,20,25)(H,22,24)/t13?,17-/m0/s1. The molecule has 0 spiro atoms. The van der Waals surface area contributed by atoms with Crippen LogP contribution in [0.5, 0.6) is 0 Å². The maximum absolute atomic E-state index is 12.0. The van der Waals surface area contributed by atoms with Crippen molar-refractivity contribution in [2.45, 2.75) is 32.9 Å². The monoisotopic (exact) mass is 343 g/mol. The van der Waals surface area contributed by atoms with Gasteiger partial charge < -0.3 is 16.4 Å². The Morgan fingerprint density at radius 1 is 1.20 bits per heavy atom. The van der Waals surface area contributed by atoms with Gasteiger partial charge in [0.05, 0.1) is 24.3 Å². The van der Waals surface area contributed by atoms with Crippen molar-refractivity contribution in [3.05, 3.63) is 48.3 Å². The number of nitrogens with one attached hydrogen (secondary N) is 2. The third kappa shape index (κ3) is 5.15. The Morgan fingerprint density at radius 3 is 2.44 bits per heavy atom. The van der Waals surface area contributed by atoms with E-state index >= 15 is 0 Å². The van der Waals surface area contributed by atoms with Crippen molar-refractivity contribution >= 4 is 11.8 Å². The van der Waals surface area contributed by atoms with Gasteiger partial charge in [0, 0.05) is 12.4 Å². The number of carbonyl (C=O) groups excluding carboxylic acids is 2. The molecule has 1 heterocycles. The molecule has 2 atom stereocenters. The Kier molecular flexibility index (Phi) is 6.30. The smallest absolute Gasteiger partial charge is 0.239 e. The zero-order valence-corrected chi connectivity index (χ0v) is 14.8. The van der Waals surface area contributed by atoms with Crippen LogP contribution < -0.4 is 16.4 Å². The van der Waals surface area contributed by atoms with Gasteiger partial charge in [-0.2, -0.15) is 5.10 Å². The van der Waals surface area contributed by atoms with Crippen molar-refractivity contribution in [3.63, 3.8) is 0 Å². The molecule has 0 radical (unpaired) electrons. The molecule has 0 saturated carbocycles. The Morgan fingerprint density at radius 2 is 1.88 bits per heavy atom. The third-order valence-corrected chi connectivity index (χ3v) is 3.98. The number of rotatable bonds is 7. The normalized spacial score (nSPS) is 13.3. The second-order valence-electron chi connectivity index (χ2n) is 6.32. The van der Waals surface area contributed by atoms with E-state index in [9.17, 15) is 9.59 Å². The molecular weight excluding hydrogens is 318 g/mol. The minimum Gasteiger partial charge on any atom is -0.348 e. The Bertz CT molecular complexity index is 695. The number of hydrogen-bond donors (Lipinski definition) is 3. The Labute approximate surface area is 147 Å². The zero-order valence-electron chi connectivity index (χ0n) is 14.8. The van der Waals surface area contributed by atoms with E-state index in [1.54, 1.807) is 10.9 Å². The van der Waals surface area contributed by atoms with E-state index in [0.717, 1.165) is 11.3 Å². The lowest BCUT2D eigenvalue weighted by Gasteiger charge is -2.17. The molecule has 0 aliphatic heterocycles. The highest BCUT2D eigenvalue weighted by Crippen LogP contribution is 2.15. The molecule has 0 aliphatic carbocycles. The molecule has 1 aromatic heterocycles. The van der Waals surface area contributed by atoms with Crippen molar-refractivity contribution in [2.75, 3.05) is 6.54 Å². The first kappa shape index (κ1) is 18.7. The van der Waals surface area contributed by atoms with Gasteiger partial charge in [-0.25, -0.2) is 4.68 Å². The minimum atomic E-state index is -0.611. The van der Waals surface area contributed by atoms with Crippen LogP contribution in [0.25, 0.3) is 5.69 Å². The lowest BCUT2D eigenvalue weighted by atomic mass is 10.1. The fourth-order valence-corrected chi connectivity index (χ4v) is 2.30. The molecule has 0 saturated heterocycles. The largest absolute Gasteiger partial charge is 0.348 e. The van der Waals surface area contributed by atoms with E-state index < -0.39 is 6.04 Å². The first-order valence-electron chi connectivity index (χ1n) is 8.31. The second-order valence-corrected chi connectivity index (χ2v) is 6.32. The highest BCUT2D eigenvalue weighted by atomic mass is 16.2. The minimum absolute atomic E-state index is 0.0234. The molecule has 7 nitrogen and oxygen atoms in total. The SMILES string of the molecule is CC(NC(=O)CNC(=O)[C@@H](N)C(C)C)c1ccc(-n2cccn2)cc1. The molecule has 7 heteroatoms. The maximum atomic E-state index is 12.0. The van der Waals surface area contributed by atoms with E-state index in [-0.39, 0.29) is 30.3 Å². The van der Waals surface area contributed by atoms with Crippen LogP contribution in [0.1, 0.15) is 32.4 Å². The van der Waals surface area contributed by atoms with Crippen LogP contribution in [-0.2, 0) is 9.59 Å². The summed E-state index contributed by atoms with van der Waals surface area (Å²) in [5, 5.41) is 9.59. The van der Waals surface area contributed by atoms with E-state index in [2.05, 4.69) is 15.7 Å². The lowest BCUT2D eigenvalue weighted by molar-refractivity contribution is -0.127. The van der Waals surface area contributed by atoms with Crippen LogP contribution in [0.15, 0.2) is 42.7 Å². The maximum Gasteiger partial charge on any atom is 0.239 e. The lowest BCUT2D eigenvalue weighted by Crippen LogP contribution is -2.47. The number of benzene rings is 1. The van der Waals surface area contributed by atoms with E-state index in [1.807, 2.05) is 57.3 Å². The van der Waals surface area contributed by atoms with Crippen LogP contribution in [0.4, 0.5) is 0 Å². The zero-order chi connectivity index (χ0) is 18.4. The summed E-state index contributed by atoms with van der Waals surface area (Å²) in [5.74, 6) is -0.551. The van der Waals surface area contributed by atoms with Gasteiger partial charge in [-0.05, 0) is 36.6 Å². The van der Waals surface area contributed by atoms with Gasteiger partial charge in [0.15, 0.2) is 0 Å². The van der Waals surface area contributed by atoms with Crippen LogP contribution in [0.2, 0.25) is 0 Å². The molecule has 4 N–H and O–H groups in total. The average Bonchev–Trinajstić information content (AvgIpc) is 3.13. The number of amides is 2. The van der Waals surface area contributed by atoms with Gasteiger partial charge in [-0.3, -0.25) is 9.59 Å². The van der Waals surface area contributed by atoms with Gasteiger partial charge in [0.25, 0.3) is 0 Å². The molecule has 0 fully saturated rings. The summed E-state index contributed by atoms with van der Waals surface area (Å²) in [5.41, 5.74) is 7.66. The van der Waals surface area contributed by atoms with Gasteiger partial charge in [0.1, 0.15) is 0 Å². The van der Waals surface area contributed by atoms with Crippen molar-refractivity contribution in [2.24, 2.45) is 11.7 Å². The van der Waals surface area contributed by atoms with Crippen LogP contribution in [0.3, 0.4) is 0 Å². The summed E-state index contributed by atoms with van der Waals surface area (Å²) < 4.78 is 1.76. The van der Waals surface area contributed by atoms with Crippen molar-refractivity contribution in [1.82, 2.24) is 20.4 Å². The molecule has 1 aromatic carbocycles. The Hall–Kier alpha value is -2.67. The fraction of sp³-hybridized carbons (Fsp3) is 0.389. The molecule has 134 valence electrons. The quantitative estimate of drug-likeness (QED) is 0.702. The first-order chi connectivity index (χ1) is 11.9. The van der Waals surface area contributed by atoms with Gasteiger partial charge in [-0.1, -0.05) is 26.0 Å². The molecule has 2 amide bonds. The van der Waals surface area contributed by atoms with Crippen molar-refractivity contribution in [1.29, 1.82) is 0 Å². The first-order valence-corrected chi connectivity index (χ1v) is 8.31. The van der Waals surface area contributed by atoms with Crippen molar-refractivity contribution in [3.8, 4) is 5.69 Å². The molecule has 1 unspecified atom stereocenters. The highest BCUT2D eigenvalue weighted by Gasteiger charge is 2.18. The predicted molar refractivity (Wildman–Crippen MR) is 95.9 cm³/mol. The average molecular weight is 343 g/mol. The van der Waals surface area contributed by atoms with Crippen molar-refractivity contribution < 1.29 is 9.59 Å². The van der Waals surface area contributed by atoms with Crippen LogP contribution in [-0.4, -0.2) is 34.2 Å². The van der Waals surface area contributed by atoms with Crippen LogP contribution in [0, 0.1) is 5.92 Å². The summed E-state index contributed by atoms with van der Waals surface area (Å²) >= 11 is 0. The number of nitrogens with two attached hydrogens (primary N) is 1. The third-order valence-electron chi connectivity index (χ3n) is 3.98. The number of aromatic nitrogens is 2. The number of nitrogens with zero attached hydrogens (tertiary/aromatic N) is 2. The summed E-state index contributed by atoms with van der Waals surface area (Å²) in [6.07, 6.45) is 3.58. The van der Waals surface area contributed by atoms with Crippen LogP contribution >= 0.6 is 0 Å². The van der Waals surface area contributed by atoms with Gasteiger partial charge >= 0.3 is 0 Å². The molecule has 0 aliphatic rings. The Balaban J connectivity index is 1.85.